The maximum Gasteiger partial charge on any atom is 0.226 e. The first-order valence-corrected chi connectivity index (χ1v) is 9.58. The van der Waals surface area contributed by atoms with E-state index in [0.29, 0.717) is 29.6 Å². The Bertz CT molecular complexity index is 895. The number of aryl methyl sites for hydroxylation is 1. The third kappa shape index (κ3) is 4.84. The highest BCUT2D eigenvalue weighted by Gasteiger charge is 2.10. The van der Waals surface area contributed by atoms with Crippen LogP contribution >= 0.6 is 22.9 Å². The molecule has 3 aromatic rings. The summed E-state index contributed by atoms with van der Waals surface area (Å²) in [6.07, 6.45) is 1.02. The second kappa shape index (κ2) is 8.83. The van der Waals surface area contributed by atoms with Crippen LogP contribution in [0.15, 0.2) is 53.9 Å². The molecule has 1 aromatic heterocycles. The zero-order chi connectivity index (χ0) is 18.4. The summed E-state index contributed by atoms with van der Waals surface area (Å²) in [6.45, 7) is 2.50. The second-order valence-corrected chi connectivity index (χ2v) is 7.05. The van der Waals surface area contributed by atoms with Gasteiger partial charge in [-0.05, 0) is 31.0 Å². The number of hydrogen-bond donors (Lipinski definition) is 1. The summed E-state index contributed by atoms with van der Waals surface area (Å²) in [6, 6.07) is 15.4. The monoisotopic (exact) mass is 386 g/mol. The normalized spacial score (nSPS) is 10.5. The van der Waals surface area contributed by atoms with Crippen molar-refractivity contribution < 1.29 is 9.53 Å². The number of amides is 1. The number of rotatable bonds is 7. The van der Waals surface area contributed by atoms with Crippen LogP contribution < -0.4 is 10.1 Å². The predicted octanol–water partition coefficient (Wildman–Crippen LogP) is 5.57. The molecule has 1 heterocycles. The minimum atomic E-state index is -0.0709. The average Bonchev–Trinajstić information content (AvgIpc) is 3.08. The molecule has 0 atom stereocenters. The molecule has 0 aliphatic carbocycles. The Morgan fingerprint density at radius 1 is 1.19 bits per heavy atom. The molecular weight excluding hydrogens is 368 g/mol. The SMILES string of the molecule is Cc1ccccc1OCCCC(=O)Nc1nc(-c2ccccc2Cl)cs1. The third-order valence-corrected chi connectivity index (χ3v) is 4.89. The van der Waals surface area contributed by atoms with E-state index in [2.05, 4.69) is 10.3 Å². The number of ether oxygens (including phenoxy) is 1. The van der Waals surface area contributed by atoms with Gasteiger partial charge in [0.1, 0.15) is 5.75 Å². The zero-order valence-corrected chi connectivity index (χ0v) is 15.9. The Kier molecular flexibility index (Phi) is 6.26. The first kappa shape index (κ1) is 18.4. The highest BCUT2D eigenvalue weighted by Crippen LogP contribution is 2.30. The first-order chi connectivity index (χ1) is 12.6. The van der Waals surface area contributed by atoms with Gasteiger partial charge in [-0.25, -0.2) is 4.98 Å². The third-order valence-electron chi connectivity index (χ3n) is 3.80. The molecule has 0 spiro atoms. The van der Waals surface area contributed by atoms with E-state index in [1.54, 1.807) is 0 Å². The number of para-hydroxylation sites is 1. The number of nitrogens with zero attached hydrogens (tertiary/aromatic N) is 1. The van der Waals surface area contributed by atoms with Crippen molar-refractivity contribution in [3.8, 4) is 17.0 Å². The molecule has 26 heavy (non-hydrogen) atoms. The smallest absolute Gasteiger partial charge is 0.226 e. The van der Waals surface area contributed by atoms with Crippen LogP contribution in [-0.4, -0.2) is 17.5 Å². The van der Waals surface area contributed by atoms with Gasteiger partial charge in [0, 0.05) is 22.4 Å². The molecule has 2 aromatic carbocycles. The van der Waals surface area contributed by atoms with Crippen molar-refractivity contribution in [2.75, 3.05) is 11.9 Å². The fraction of sp³-hybridized carbons (Fsp3) is 0.200. The predicted molar refractivity (Wildman–Crippen MR) is 107 cm³/mol. The zero-order valence-electron chi connectivity index (χ0n) is 14.4. The van der Waals surface area contributed by atoms with Gasteiger partial charge in [0.25, 0.3) is 0 Å². The van der Waals surface area contributed by atoms with E-state index < -0.39 is 0 Å². The molecule has 0 unspecified atom stereocenters. The fourth-order valence-electron chi connectivity index (χ4n) is 2.44. The minimum Gasteiger partial charge on any atom is -0.493 e. The van der Waals surface area contributed by atoms with E-state index in [4.69, 9.17) is 16.3 Å². The van der Waals surface area contributed by atoms with E-state index >= 15 is 0 Å². The Labute approximate surface area is 161 Å². The number of carbonyl (C=O) groups excluding carboxylic acids is 1. The van der Waals surface area contributed by atoms with Crippen LogP contribution in [0.2, 0.25) is 5.02 Å². The highest BCUT2D eigenvalue weighted by atomic mass is 35.5. The van der Waals surface area contributed by atoms with E-state index in [-0.39, 0.29) is 5.91 Å². The van der Waals surface area contributed by atoms with Gasteiger partial charge in [-0.3, -0.25) is 4.79 Å². The molecule has 0 fully saturated rings. The van der Waals surface area contributed by atoms with Crippen molar-refractivity contribution in [3.05, 3.63) is 64.5 Å². The van der Waals surface area contributed by atoms with E-state index in [0.717, 1.165) is 22.6 Å². The largest absolute Gasteiger partial charge is 0.493 e. The molecule has 0 radical (unpaired) electrons. The molecule has 0 aliphatic heterocycles. The van der Waals surface area contributed by atoms with Crippen molar-refractivity contribution in [2.45, 2.75) is 19.8 Å². The lowest BCUT2D eigenvalue weighted by atomic mass is 10.2. The topological polar surface area (TPSA) is 51.2 Å². The van der Waals surface area contributed by atoms with Gasteiger partial charge in [-0.15, -0.1) is 11.3 Å². The molecular formula is C20H19ClN2O2S. The summed E-state index contributed by atoms with van der Waals surface area (Å²) in [7, 11) is 0. The van der Waals surface area contributed by atoms with Crippen molar-refractivity contribution in [2.24, 2.45) is 0 Å². The highest BCUT2D eigenvalue weighted by molar-refractivity contribution is 7.14. The lowest BCUT2D eigenvalue weighted by molar-refractivity contribution is -0.116. The summed E-state index contributed by atoms with van der Waals surface area (Å²) in [5.41, 5.74) is 2.71. The molecule has 0 saturated heterocycles. The minimum absolute atomic E-state index is 0.0709. The summed E-state index contributed by atoms with van der Waals surface area (Å²) in [5, 5.41) is 5.93. The number of thiazole rings is 1. The van der Waals surface area contributed by atoms with Crippen LogP contribution in [0.25, 0.3) is 11.3 Å². The lowest BCUT2D eigenvalue weighted by Crippen LogP contribution is -2.12. The maximum atomic E-state index is 12.1. The number of halogens is 1. The Morgan fingerprint density at radius 2 is 1.96 bits per heavy atom. The van der Waals surface area contributed by atoms with E-state index in [1.807, 2.05) is 60.8 Å². The van der Waals surface area contributed by atoms with E-state index in [1.165, 1.54) is 11.3 Å². The average molecular weight is 387 g/mol. The van der Waals surface area contributed by atoms with Crippen LogP contribution in [0.3, 0.4) is 0 Å². The summed E-state index contributed by atoms with van der Waals surface area (Å²) in [4.78, 5) is 16.5. The fourth-order valence-corrected chi connectivity index (χ4v) is 3.40. The van der Waals surface area contributed by atoms with Crippen molar-refractivity contribution >= 4 is 34.0 Å². The number of aromatic nitrogens is 1. The number of carbonyl (C=O) groups is 1. The Hall–Kier alpha value is -2.37. The van der Waals surface area contributed by atoms with Crippen LogP contribution in [0.4, 0.5) is 5.13 Å². The van der Waals surface area contributed by atoms with Crippen molar-refractivity contribution in [1.82, 2.24) is 4.98 Å². The molecule has 3 rings (SSSR count). The van der Waals surface area contributed by atoms with Gasteiger partial charge in [-0.2, -0.15) is 0 Å². The first-order valence-electron chi connectivity index (χ1n) is 8.32. The number of hydrogen-bond acceptors (Lipinski definition) is 4. The standard InChI is InChI=1S/C20H19ClN2O2S/c1-14-7-2-5-10-18(14)25-12-6-11-19(24)23-20-22-17(13-26-20)15-8-3-4-9-16(15)21/h2-5,7-10,13H,6,11-12H2,1H3,(H,22,23,24). The molecule has 6 heteroatoms. The molecule has 1 N–H and O–H groups in total. The quantitative estimate of drug-likeness (QED) is 0.540. The van der Waals surface area contributed by atoms with Gasteiger partial charge >= 0.3 is 0 Å². The molecule has 0 bridgehead atoms. The number of benzene rings is 2. The summed E-state index contributed by atoms with van der Waals surface area (Å²) >= 11 is 7.57. The lowest BCUT2D eigenvalue weighted by Gasteiger charge is -2.08. The molecule has 1 amide bonds. The summed E-state index contributed by atoms with van der Waals surface area (Å²) in [5.74, 6) is 0.788. The van der Waals surface area contributed by atoms with Crippen LogP contribution in [0.5, 0.6) is 5.75 Å². The van der Waals surface area contributed by atoms with Crippen LogP contribution in [0.1, 0.15) is 18.4 Å². The molecule has 0 aliphatic rings. The van der Waals surface area contributed by atoms with Gasteiger partial charge in [0.2, 0.25) is 5.91 Å². The Morgan fingerprint density at radius 3 is 2.77 bits per heavy atom. The second-order valence-electron chi connectivity index (χ2n) is 5.78. The van der Waals surface area contributed by atoms with Gasteiger partial charge in [0.05, 0.1) is 12.3 Å². The van der Waals surface area contributed by atoms with Gasteiger partial charge in [-0.1, -0.05) is 48.0 Å². The summed E-state index contributed by atoms with van der Waals surface area (Å²) < 4.78 is 5.70. The van der Waals surface area contributed by atoms with Crippen LogP contribution in [0, 0.1) is 6.92 Å². The number of nitrogens with one attached hydrogen (secondary N) is 1. The number of anilines is 1. The van der Waals surface area contributed by atoms with E-state index in [9.17, 15) is 4.79 Å². The van der Waals surface area contributed by atoms with Crippen molar-refractivity contribution in [1.29, 1.82) is 0 Å². The van der Waals surface area contributed by atoms with Crippen molar-refractivity contribution in [3.63, 3.8) is 0 Å². The molecule has 4 nitrogen and oxygen atoms in total. The Balaban J connectivity index is 1.47. The molecule has 0 saturated carbocycles. The van der Waals surface area contributed by atoms with Gasteiger partial charge in [0.15, 0.2) is 5.13 Å². The maximum absolute atomic E-state index is 12.1. The van der Waals surface area contributed by atoms with Gasteiger partial charge < -0.3 is 10.1 Å². The molecule has 134 valence electrons. The van der Waals surface area contributed by atoms with Crippen LogP contribution in [-0.2, 0) is 4.79 Å².